The molecule has 1 unspecified atom stereocenters. The maximum atomic E-state index is 10.7. The van der Waals surface area contributed by atoms with E-state index in [1.165, 1.54) is 0 Å². The normalized spacial score (nSPS) is 13.2. The molecule has 0 aromatic carbocycles. The minimum absolute atomic E-state index is 0.0239. The second-order valence-electron chi connectivity index (χ2n) is 4.91. The largest absolute Gasteiger partial charge is 0.368 e. The average molecular weight is 342 g/mol. The van der Waals surface area contributed by atoms with Crippen LogP contribution in [-0.2, 0) is 15.8 Å². The molecule has 2 aromatic rings. The maximum absolute atomic E-state index is 10.7. The number of ether oxygens (including phenoxy) is 1. The molecule has 11 heteroatoms. The molecule has 0 aliphatic heterocycles. The number of nitrogens with zero attached hydrogens (tertiary/aromatic N) is 4. The lowest BCUT2D eigenvalue weighted by atomic mass is 10.3. The average Bonchev–Trinajstić information content (AvgIpc) is 2.85. The van der Waals surface area contributed by atoms with Crippen molar-refractivity contribution in [2.45, 2.75) is 19.5 Å². The third-order valence-corrected chi connectivity index (χ3v) is 3.45. The first kappa shape index (κ1) is 17.4. The zero-order valence-electron chi connectivity index (χ0n) is 12.6. The number of aromatic nitrogens is 4. The van der Waals surface area contributed by atoms with E-state index in [4.69, 9.17) is 20.3 Å². The molecule has 0 amide bonds. The van der Waals surface area contributed by atoms with Crippen LogP contribution in [0, 0.1) is 0 Å². The number of fused-ring (bicyclic) bond motifs is 1. The van der Waals surface area contributed by atoms with E-state index in [-0.39, 0.29) is 18.6 Å². The van der Waals surface area contributed by atoms with E-state index in [0.717, 1.165) is 0 Å². The summed E-state index contributed by atoms with van der Waals surface area (Å²) in [6.45, 7) is 6.02. The van der Waals surface area contributed by atoms with E-state index in [1.807, 2.05) is 6.92 Å². The molecular formula is C12H19N6O4P. The SMILES string of the molecule is C=CC(C)Nc1nc(N)nc2c1ncn2CCOCP(=O)(O)O. The monoisotopic (exact) mass is 342 g/mol. The quantitative estimate of drug-likeness (QED) is 0.306. The van der Waals surface area contributed by atoms with E-state index in [0.29, 0.717) is 23.5 Å². The molecule has 5 N–H and O–H groups in total. The Morgan fingerprint density at radius 3 is 2.96 bits per heavy atom. The van der Waals surface area contributed by atoms with Gasteiger partial charge in [0.2, 0.25) is 5.95 Å². The number of rotatable bonds is 8. The predicted molar refractivity (Wildman–Crippen MR) is 85.9 cm³/mol. The summed E-state index contributed by atoms with van der Waals surface area (Å²) < 4.78 is 17.3. The Hall–Kier alpha value is -2.00. The van der Waals surface area contributed by atoms with Crippen LogP contribution in [0.4, 0.5) is 11.8 Å². The van der Waals surface area contributed by atoms with Crippen molar-refractivity contribution < 1.29 is 19.1 Å². The Balaban J connectivity index is 2.16. The Morgan fingerprint density at radius 2 is 2.30 bits per heavy atom. The van der Waals surface area contributed by atoms with Gasteiger partial charge in [0, 0.05) is 12.6 Å². The second-order valence-corrected chi connectivity index (χ2v) is 6.50. The molecule has 0 bridgehead atoms. The van der Waals surface area contributed by atoms with Gasteiger partial charge in [0.25, 0.3) is 0 Å². The van der Waals surface area contributed by atoms with Gasteiger partial charge in [-0.2, -0.15) is 9.97 Å². The lowest BCUT2D eigenvalue weighted by molar-refractivity contribution is 0.149. The summed E-state index contributed by atoms with van der Waals surface area (Å²) in [5.74, 6) is 0.587. The van der Waals surface area contributed by atoms with Crippen LogP contribution in [0.5, 0.6) is 0 Å². The fraction of sp³-hybridized carbons (Fsp3) is 0.417. The van der Waals surface area contributed by atoms with Crippen molar-refractivity contribution in [3.63, 3.8) is 0 Å². The minimum atomic E-state index is -4.17. The van der Waals surface area contributed by atoms with E-state index < -0.39 is 13.9 Å². The van der Waals surface area contributed by atoms with Crippen LogP contribution in [0.1, 0.15) is 6.92 Å². The van der Waals surface area contributed by atoms with Gasteiger partial charge in [0.1, 0.15) is 6.35 Å². The summed E-state index contributed by atoms with van der Waals surface area (Å²) in [5.41, 5.74) is 6.77. The topological polar surface area (TPSA) is 148 Å². The van der Waals surface area contributed by atoms with Crippen LogP contribution in [0.25, 0.3) is 11.2 Å². The number of nitrogens with one attached hydrogen (secondary N) is 1. The van der Waals surface area contributed by atoms with Crippen molar-refractivity contribution in [1.29, 1.82) is 0 Å². The van der Waals surface area contributed by atoms with Crippen molar-refractivity contribution in [2.75, 3.05) is 24.0 Å². The predicted octanol–water partition coefficient (Wildman–Crippen LogP) is 0.547. The molecule has 0 saturated carbocycles. The molecule has 0 saturated heterocycles. The Morgan fingerprint density at radius 1 is 1.57 bits per heavy atom. The molecule has 23 heavy (non-hydrogen) atoms. The lowest BCUT2D eigenvalue weighted by Crippen LogP contribution is -2.14. The van der Waals surface area contributed by atoms with E-state index in [2.05, 4.69) is 26.8 Å². The number of imidazole rings is 1. The van der Waals surface area contributed by atoms with Crippen LogP contribution in [-0.4, -0.2) is 48.3 Å². The summed E-state index contributed by atoms with van der Waals surface area (Å²) in [6.07, 6.45) is 2.64. The zero-order chi connectivity index (χ0) is 17.0. The van der Waals surface area contributed by atoms with Gasteiger partial charge < -0.3 is 30.1 Å². The number of anilines is 2. The van der Waals surface area contributed by atoms with E-state index in [9.17, 15) is 4.57 Å². The van der Waals surface area contributed by atoms with E-state index >= 15 is 0 Å². The highest BCUT2D eigenvalue weighted by Gasteiger charge is 2.15. The van der Waals surface area contributed by atoms with Crippen molar-refractivity contribution in [3.05, 3.63) is 19.0 Å². The standard InChI is InChI=1S/C12H19N6O4P/c1-3-8(2)15-10-9-11(17-12(13)16-10)18(6-14-9)4-5-22-7-23(19,20)21/h3,6,8H,1,4-5,7H2,2H3,(H2,19,20,21)(H3,13,15,16,17). The number of nitrogens with two attached hydrogens (primary N) is 1. The van der Waals surface area contributed by atoms with Gasteiger partial charge in [0.15, 0.2) is 17.0 Å². The molecule has 0 radical (unpaired) electrons. The Kier molecular flexibility index (Phi) is 5.32. The highest BCUT2D eigenvalue weighted by Crippen LogP contribution is 2.33. The highest BCUT2D eigenvalue weighted by molar-refractivity contribution is 7.51. The summed E-state index contributed by atoms with van der Waals surface area (Å²) in [7, 11) is -4.17. The van der Waals surface area contributed by atoms with Gasteiger partial charge >= 0.3 is 7.60 Å². The second kappa shape index (κ2) is 7.05. The number of hydrogen-bond donors (Lipinski definition) is 4. The van der Waals surface area contributed by atoms with Gasteiger partial charge in [-0.1, -0.05) is 6.08 Å². The van der Waals surface area contributed by atoms with Gasteiger partial charge in [-0.05, 0) is 6.92 Å². The summed E-state index contributed by atoms with van der Waals surface area (Å²) >= 11 is 0. The minimum Gasteiger partial charge on any atom is -0.368 e. The van der Waals surface area contributed by atoms with Crippen LogP contribution < -0.4 is 11.1 Å². The van der Waals surface area contributed by atoms with Gasteiger partial charge in [-0.3, -0.25) is 4.57 Å². The first-order valence-electron chi connectivity index (χ1n) is 6.80. The number of nitrogen functional groups attached to an aromatic ring is 1. The molecule has 0 aliphatic rings. The maximum Gasteiger partial charge on any atom is 0.350 e. The molecule has 1 atom stereocenters. The fourth-order valence-corrected chi connectivity index (χ4v) is 2.21. The van der Waals surface area contributed by atoms with Crippen molar-refractivity contribution >= 4 is 30.5 Å². The summed E-state index contributed by atoms with van der Waals surface area (Å²) in [6, 6.07) is -0.0239. The fourth-order valence-electron chi connectivity index (χ4n) is 1.85. The van der Waals surface area contributed by atoms with Crippen molar-refractivity contribution in [1.82, 2.24) is 19.5 Å². The Labute approximate surface area is 132 Å². The van der Waals surface area contributed by atoms with Gasteiger partial charge in [-0.25, -0.2) is 4.98 Å². The third kappa shape index (κ3) is 4.73. The summed E-state index contributed by atoms with van der Waals surface area (Å²) in [4.78, 5) is 30.0. The van der Waals surface area contributed by atoms with Crippen LogP contribution in [0.15, 0.2) is 19.0 Å². The zero-order valence-corrected chi connectivity index (χ0v) is 13.5. The molecule has 0 spiro atoms. The molecule has 126 valence electrons. The molecule has 2 aromatic heterocycles. The van der Waals surface area contributed by atoms with Crippen molar-refractivity contribution in [3.8, 4) is 0 Å². The van der Waals surface area contributed by atoms with Crippen LogP contribution in [0.3, 0.4) is 0 Å². The molecular weight excluding hydrogens is 323 g/mol. The lowest BCUT2D eigenvalue weighted by Gasteiger charge is -2.11. The van der Waals surface area contributed by atoms with Gasteiger partial charge in [-0.15, -0.1) is 6.58 Å². The van der Waals surface area contributed by atoms with E-state index in [1.54, 1.807) is 17.0 Å². The van der Waals surface area contributed by atoms with Crippen LogP contribution >= 0.6 is 7.60 Å². The summed E-state index contributed by atoms with van der Waals surface area (Å²) in [5, 5.41) is 3.12. The highest BCUT2D eigenvalue weighted by atomic mass is 31.2. The van der Waals surface area contributed by atoms with Gasteiger partial charge in [0.05, 0.1) is 12.9 Å². The first-order chi connectivity index (χ1) is 10.8. The molecule has 0 fully saturated rings. The van der Waals surface area contributed by atoms with Crippen molar-refractivity contribution in [2.24, 2.45) is 0 Å². The number of hydrogen-bond acceptors (Lipinski definition) is 7. The molecule has 0 aliphatic carbocycles. The smallest absolute Gasteiger partial charge is 0.350 e. The molecule has 2 rings (SSSR count). The first-order valence-corrected chi connectivity index (χ1v) is 8.59. The third-order valence-electron chi connectivity index (χ3n) is 2.94. The Bertz CT molecular complexity index is 742. The molecule has 10 nitrogen and oxygen atoms in total. The van der Waals surface area contributed by atoms with Crippen LogP contribution in [0.2, 0.25) is 0 Å². The molecule has 2 heterocycles.